The van der Waals surface area contributed by atoms with E-state index in [0.29, 0.717) is 12.8 Å². The highest BCUT2D eigenvalue weighted by molar-refractivity contribution is 5.76. The Bertz CT molecular complexity index is 143. The molecule has 3 heteroatoms. The van der Waals surface area contributed by atoms with Crippen LogP contribution in [0.2, 0.25) is 0 Å². The van der Waals surface area contributed by atoms with Gasteiger partial charge in [-0.15, -0.1) is 0 Å². The van der Waals surface area contributed by atoms with E-state index in [1.807, 2.05) is 20.8 Å². The van der Waals surface area contributed by atoms with Gasteiger partial charge in [0.05, 0.1) is 0 Å². The lowest BCUT2D eigenvalue weighted by molar-refractivity contribution is -0.122. The number of hydrogen-bond acceptors (Lipinski definition) is 2. The molecule has 0 rings (SSSR count). The molecule has 0 unspecified atom stereocenters. The van der Waals surface area contributed by atoms with Crippen LogP contribution in [0.25, 0.3) is 0 Å². The van der Waals surface area contributed by atoms with E-state index in [9.17, 15) is 4.79 Å². The van der Waals surface area contributed by atoms with Gasteiger partial charge in [-0.2, -0.15) is 0 Å². The summed E-state index contributed by atoms with van der Waals surface area (Å²) in [7, 11) is 0. The summed E-state index contributed by atoms with van der Waals surface area (Å²) in [6.45, 7) is 5.91. The summed E-state index contributed by atoms with van der Waals surface area (Å²) >= 11 is 0. The molecule has 0 fully saturated rings. The van der Waals surface area contributed by atoms with Gasteiger partial charge in [0.15, 0.2) is 0 Å². The third kappa shape index (κ3) is 5.13. The van der Waals surface area contributed by atoms with Gasteiger partial charge in [-0.3, -0.25) is 4.79 Å². The van der Waals surface area contributed by atoms with Crippen LogP contribution in [0.5, 0.6) is 0 Å². The van der Waals surface area contributed by atoms with E-state index in [1.54, 1.807) is 0 Å². The van der Waals surface area contributed by atoms with E-state index in [4.69, 9.17) is 5.11 Å². The number of nitrogens with one attached hydrogen (secondary N) is 1. The third-order valence-electron chi connectivity index (χ3n) is 1.69. The van der Waals surface area contributed by atoms with Gasteiger partial charge in [0.25, 0.3) is 0 Å². The first-order chi connectivity index (χ1) is 5.52. The minimum atomic E-state index is -0.277. The number of carbonyl (C=O) groups excluding carboxylic acids is 1. The topological polar surface area (TPSA) is 49.3 Å². The van der Waals surface area contributed by atoms with Crippen LogP contribution in [0.1, 0.15) is 40.0 Å². The molecule has 0 aromatic carbocycles. The molecule has 0 bridgehead atoms. The molecule has 0 aromatic heterocycles. The molecule has 0 radical (unpaired) electrons. The second-order valence-electron chi connectivity index (χ2n) is 3.66. The van der Waals surface area contributed by atoms with Crippen LogP contribution in [-0.2, 0) is 4.79 Å². The molecular formula is C9H19NO2. The standard InChI is InChI=1S/C9H19NO2/c1-4-5-8(12)10-9(2,3)6-7-11/h11H,4-7H2,1-3H3,(H,10,12). The molecule has 0 heterocycles. The van der Waals surface area contributed by atoms with Crippen molar-refractivity contribution in [3.05, 3.63) is 0 Å². The molecule has 0 aliphatic carbocycles. The van der Waals surface area contributed by atoms with Gasteiger partial charge in [0.2, 0.25) is 5.91 Å². The van der Waals surface area contributed by atoms with Crippen LogP contribution in [0.4, 0.5) is 0 Å². The van der Waals surface area contributed by atoms with Crippen molar-refractivity contribution < 1.29 is 9.90 Å². The van der Waals surface area contributed by atoms with Gasteiger partial charge >= 0.3 is 0 Å². The molecule has 0 saturated carbocycles. The normalized spacial score (nSPS) is 11.3. The lowest BCUT2D eigenvalue weighted by Gasteiger charge is -2.25. The Labute approximate surface area is 74.2 Å². The van der Waals surface area contributed by atoms with Crippen molar-refractivity contribution in [1.29, 1.82) is 0 Å². The van der Waals surface area contributed by atoms with E-state index < -0.39 is 0 Å². The minimum absolute atomic E-state index is 0.0657. The van der Waals surface area contributed by atoms with Crippen LogP contribution in [0, 0.1) is 0 Å². The van der Waals surface area contributed by atoms with Crippen molar-refractivity contribution in [3.8, 4) is 0 Å². The molecule has 72 valence electrons. The Kier molecular flexibility index (Phi) is 4.90. The number of hydrogen-bond donors (Lipinski definition) is 2. The first-order valence-electron chi connectivity index (χ1n) is 4.43. The fraction of sp³-hybridized carbons (Fsp3) is 0.889. The highest BCUT2D eigenvalue weighted by atomic mass is 16.3. The van der Waals surface area contributed by atoms with Gasteiger partial charge in [-0.25, -0.2) is 0 Å². The zero-order valence-corrected chi connectivity index (χ0v) is 8.18. The van der Waals surface area contributed by atoms with Crippen LogP contribution < -0.4 is 5.32 Å². The second kappa shape index (κ2) is 5.14. The summed E-state index contributed by atoms with van der Waals surface area (Å²) < 4.78 is 0. The maximum atomic E-state index is 11.1. The van der Waals surface area contributed by atoms with Gasteiger partial charge in [-0.1, -0.05) is 6.92 Å². The quantitative estimate of drug-likeness (QED) is 0.653. The van der Waals surface area contributed by atoms with Crippen molar-refractivity contribution in [3.63, 3.8) is 0 Å². The Balaban J connectivity index is 3.79. The number of amides is 1. The van der Waals surface area contributed by atoms with Crippen molar-refractivity contribution in [2.45, 2.75) is 45.6 Å². The zero-order valence-electron chi connectivity index (χ0n) is 8.18. The summed E-state index contributed by atoms with van der Waals surface area (Å²) in [5.74, 6) is 0.0657. The number of aliphatic hydroxyl groups excluding tert-OH is 1. The maximum absolute atomic E-state index is 11.1. The Morgan fingerprint density at radius 3 is 2.50 bits per heavy atom. The highest BCUT2D eigenvalue weighted by Crippen LogP contribution is 2.07. The average Bonchev–Trinajstić information content (AvgIpc) is 1.85. The Morgan fingerprint density at radius 2 is 2.08 bits per heavy atom. The second-order valence-corrected chi connectivity index (χ2v) is 3.66. The molecular weight excluding hydrogens is 154 g/mol. The number of aliphatic hydroxyl groups is 1. The molecule has 1 amide bonds. The maximum Gasteiger partial charge on any atom is 0.220 e. The van der Waals surface area contributed by atoms with Crippen molar-refractivity contribution in [2.24, 2.45) is 0 Å². The first-order valence-corrected chi connectivity index (χ1v) is 4.43. The van der Waals surface area contributed by atoms with Gasteiger partial charge < -0.3 is 10.4 Å². The molecule has 0 saturated heterocycles. The first kappa shape index (κ1) is 11.4. The van der Waals surface area contributed by atoms with Crippen LogP contribution in [-0.4, -0.2) is 23.2 Å². The predicted molar refractivity (Wildman–Crippen MR) is 48.8 cm³/mol. The average molecular weight is 173 g/mol. The Hall–Kier alpha value is -0.570. The zero-order chi connectivity index (χ0) is 9.61. The van der Waals surface area contributed by atoms with E-state index in [2.05, 4.69) is 5.32 Å². The molecule has 0 atom stereocenters. The van der Waals surface area contributed by atoms with Crippen molar-refractivity contribution in [2.75, 3.05) is 6.61 Å². The highest BCUT2D eigenvalue weighted by Gasteiger charge is 2.18. The van der Waals surface area contributed by atoms with Gasteiger partial charge in [0, 0.05) is 18.6 Å². The molecule has 2 N–H and O–H groups in total. The molecule has 0 spiro atoms. The molecule has 3 nitrogen and oxygen atoms in total. The van der Waals surface area contributed by atoms with E-state index in [1.165, 1.54) is 0 Å². The fourth-order valence-corrected chi connectivity index (χ4v) is 1.01. The van der Waals surface area contributed by atoms with Crippen LogP contribution >= 0.6 is 0 Å². The molecule has 0 aromatic rings. The van der Waals surface area contributed by atoms with Gasteiger partial charge in [-0.05, 0) is 26.7 Å². The molecule has 0 aliphatic heterocycles. The lowest BCUT2D eigenvalue weighted by atomic mass is 10.0. The summed E-state index contributed by atoms with van der Waals surface area (Å²) in [5, 5.41) is 11.6. The van der Waals surface area contributed by atoms with Crippen molar-refractivity contribution in [1.82, 2.24) is 5.32 Å². The largest absolute Gasteiger partial charge is 0.396 e. The van der Waals surface area contributed by atoms with Crippen LogP contribution in [0.3, 0.4) is 0 Å². The smallest absolute Gasteiger partial charge is 0.220 e. The number of rotatable bonds is 5. The molecule has 0 aliphatic rings. The third-order valence-corrected chi connectivity index (χ3v) is 1.69. The summed E-state index contributed by atoms with van der Waals surface area (Å²) in [6.07, 6.45) is 2.03. The SMILES string of the molecule is CCCC(=O)NC(C)(C)CCO. The molecule has 12 heavy (non-hydrogen) atoms. The van der Waals surface area contributed by atoms with Gasteiger partial charge in [0.1, 0.15) is 0 Å². The Morgan fingerprint density at radius 1 is 1.50 bits per heavy atom. The minimum Gasteiger partial charge on any atom is -0.396 e. The van der Waals surface area contributed by atoms with Crippen LogP contribution in [0.15, 0.2) is 0 Å². The van der Waals surface area contributed by atoms with E-state index in [0.717, 1.165) is 6.42 Å². The summed E-state index contributed by atoms with van der Waals surface area (Å²) in [5.41, 5.74) is -0.277. The fourth-order valence-electron chi connectivity index (χ4n) is 1.01. The summed E-state index contributed by atoms with van der Waals surface area (Å²) in [6, 6.07) is 0. The van der Waals surface area contributed by atoms with Crippen molar-refractivity contribution >= 4 is 5.91 Å². The predicted octanol–water partition coefficient (Wildman–Crippen LogP) is 1.06. The number of carbonyl (C=O) groups is 1. The monoisotopic (exact) mass is 173 g/mol. The lowest BCUT2D eigenvalue weighted by Crippen LogP contribution is -2.43. The van der Waals surface area contributed by atoms with E-state index >= 15 is 0 Å². The summed E-state index contributed by atoms with van der Waals surface area (Å²) in [4.78, 5) is 11.1. The van der Waals surface area contributed by atoms with E-state index in [-0.39, 0.29) is 18.1 Å².